The molecule has 0 aliphatic heterocycles. The van der Waals surface area contributed by atoms with Crippen LogP contribution in [0.1, 0.15) is 33.6 Å². The Kier molecular flexibility index (Phi) is 13.6. The molecule has 0 saturated heterocycles. The minimum Gasteiger partial charge on any atom is -0.370 e. The third-order valence-corrected chi connectivity index (χ3v) is 9.60. The third kappa shape index (κ3) is 6.85. The molecule has 0 aromatic heterocycles. The Morgan fingerprint density at radius 1 is 0.308 bits per heavy atom. The summed E-state index contributed by atoms with van der Waals surface area (Å²) in [7, 11) is -7.09. The SMILES string of the molecule is CCO[Si](OCC)(OCC)C(F)(F)C(F)(F)C(F)(F)C(F)(F)C(F)(F)C(F)(F)C(F)(F)C(F)(F)C(F)(F)C(F)(F)C(F)(F)C(F)(F)CCC(F)(F)F. The highest BCUT2D eigenvalue weighted by molar-refractivity contribution is 6.63. The van der Waals surface area contributed by atoms with Gasteiger partial charge in [-0.1, -0.05) is 0 Å². The Bertz CT molecular complexity index is 1190. The molecule has 0 fully saturated rings. The summed E-state index contributed by atoms with van der Waals surface area (Å²) in [4.78, 5) is 0. The van der Waals surface area contributed by atoms with Crippen molar-refractivity contribution < 1.29 is 132 Å². The van der Waals surface area contributed by atoms with Crippen LogP contribution in [0.2, 0.25) is 0 Å². The molecule has 314 valence electrons. The van der Waals surface area contributed by atoms with Crippen molar-refractivity contribution in [2.75, 3.05) is 19.8 Å². The predicted molar refractivity (Wildman–Crippen MR) is 115 cm³/mol. The summed E-state index contributed by atoms with van der Waals surface area (Å²) >= 11 is 0. The Balaban J connectivity index is 7.57. The first kappa shape index (κ1) is 50.2. The predicted octanol–water partition coefficient (Wildman–Crippen LogP) is 10.5. The van der Waals surface area contributed by atoms with Crippen LogP contribution >= 0.6 is 0 Å². The van der Waals surface area contributed by atoms with Crippen molar-refractivity contribution in [1.29, 1.82) is 0 Å². The summed E-state index contributed by atoms with van der Waals surface area (Å²) in [6.45, 7) is -2.59. The van der Waals surface area contributed by atoms with Crippen LogP contribution < -0.4 is 0 Å². The first-order chi connectivity index (χ1) is 22.4. The maximum absolute atomic E-state index is 14.9. The van der Waals surface area contributed by atoms with E-state index in [1.54, 1.807) is 0 Å². The van der Waals surface area contributed by atoms with Gasteiger partial charge in [0.15, 0.2) is 0 Å². The van der Waals surface area contributed by atoms with E-state index in [0.29, 0.717) is 20.8 Å². The molecule has 0 aromatic rings. The van der Waals surface area contributed by atoms with Crippen molar-refractivity contribution in [3.63, 3.8) is 0 Å². The van der Waals surface area contributed by atoms with Crippen LogP contribution in [0, 0.1) is 0 Å². The van der Waals surface area contributed by atoms with Gasteiger partial charge >= 0.3 is 85.7 Å². The molecule has 0 amide bonds. The summed E-state index contributed by atoms with van der Waals surface area (Å²) < 4.78 is 387. The van der Waals surface area contributed by atoms with E-state index in [-0.39, 0.29) is 0 Å². The lowest BCUT2D eigenvalue weighted by Crippen LogP contribution is -2.80. The molecule has 3 nitrogen and oxygen atoms in total. The number of hydrogen-bond acceptors (Lipinski definition) is 3. The van der Waals surface area contributed by atoms with Crippen LogP contribution in [0.3, 0.4) is 0 Å². The van der Waals surface area contributed by atoms with Gasteiger partial charge in [-0.05, 0) is 20.8 Å². The summed E-state index contributed by atoms with van der Waals surface area (Å²) in [5.41, 5.74) is -7.29. The van der Waals surface area contributed by atoms with Crippen molar-refractivity contribution in [3.8, 4) is 0 Å². The van der Waals surface area contributed by atoms with Gasteiger partial charge in [0.1, 0.15) is 0 Å². The van der Waals surface area contributed by atoms with E-state index in [1.165, 1.54) is 0 Å². The molecule has 31 heteroatoms. The zero-order valence-corrected chi connectivity index (χ0v) is 26.0. The lowest BCUT2D eigenvalue weighted by molar-refractivity contribution is -0.478. The molecule has 0 bridgehead atoms. The summed E-state index contributed by atoms with van der Waals surface area (Å²) in [5.74, 6) is -100. The van der Waals surface area contributed by atoms with Crippen molar-refractivity contribution in [2.24, 2.45) is 0 Å². The van der Waals surface area contributed by atoms with Gasteiger partial charge in [0.2, 0.25) is 0 Å². The van der Waals surface area contributed by atoms with E-state index in [4.69, 9.17) is 0 Å². The fraction of sp³-hybridized carbons (Fsp3) is 1.00. The molecule has 0 aliphatic rings. The highest BCUT2D eigenvalue weighted by Gasteiger charge is 3.00. The fourth-order valence-corrected chi connectivity index (χ4v) is 6.09. The van der Waals surface area contributed by atoms with Gasteiger partial charge in [-0.15, -0.1) is 0 Å². The van der Waals surface area contributed by atoms with Crippen molar-refractivity contribution in [1.82, 2.24) is 0 Å². The Morgan fingerprint density at radius 2 is 0.519 bits per heavy atom. The average Bonchev–Trinajstić information content (AvgIpc) is 2.94. The van der Waals surface area contributed by atoms with E-state index in [2.05, 4.69) is 13.3 Å². The van der Waals surface area contributed by atoms with Gasteiger partial charge in [-0.3, -0.25) is 0 Å². The summed E-state index contributed by atoms with van der Waals surface area (Å²) in [6.07, 6.45) is -13.3. The van der Waals surface area contributed by atoms with Crippen LogP contribution in [-0.2, 0) is 13.3 Å². The smallest absolute Gasteiger partial charge is 0.370 e. The van der Waals surface area contributed by atoms with E-state index < -0.39 is 118 Å². The minimum absolute atomic E-state index is 0.538. The molecule has 0 rings (SSSR count). The molecule has 0 spiro atoms. The number of halogens is 27. The van der Waals surface area contributed by atoms with Gasteiger partial charge < -0.3 is 13.3 Å². The first-order valence-corrected chi connectivity index (χ1v) is 14.6. The molecule has 0 heterocycles. The van der Waals surface area contributed by atoms with Crippen LogP contribution in [0.5, 0.6) is 0 Å². The molecule has 0 atom stereocenters. The average molecular weight is 860 g/mol. The Labute approximate surface area is 272 Å². The largest absolute Gasteiger partial charge is 0.582 e. The van der Waals surface area contributed by atoms with Crippen molar-refractivity contribution in [3.05, 3.63) is 0 Å². The quantitative estimate of drug-likeness (QED) is 0.0902. The Hall–Kier alpha value is -1.79. The van der Waals surface area contributed by atoms with E-state index in [1.807, 2.05) is 0 Å². The van der Waals surface area contributed by atoms with Gasteiger partial charge in [-0.2, -0.15) is 119 Å². The monoisotopic (exact) mass is 860 g/mol. The molecular weight excluding hydrogens is 841 g/mol. The molecule has 0 aliphatic carbocycles. The van der Waals surface area contributed by atoms with Crippen LogP contribution in [0.4, 0.5) is 119 Å². The van der Waals surface area contributed by atoms with E-state index in [0.717, 1.165) is 0 Å². The van der Waals surface area contributed by atoms with Crippen molar-refractivity contribution >= 4 is 8.80 Å². The van der Waals surface area contributed by atoms with Crippen LogP contribution in [0.15, 0.2) is 0 Å². The topological polar surface area (TPSA) is 27.7 Å². The van der Waals surface area contributed by atoms with Gasteiger partial charge in [-0.25, -0.2) is 0 Å². The van der Waals surface area contributed by atoms with E-state index in [9.17, 15) is 119 Å². The van der Waals surface area contributed by atoms with Gasteiger partial charge in [0.25, 0.3) is 0 Å². The Morgan fingerprint density at radius 3 is 0.731 bits per heavy atom. The zero-order chi connectivity index (χ0) is 42.7. The second-order valence-electron chi connectivity index (χ2n) is 9.99. The standard InChI is InChI=1S/C21H19F27O3Si/c1-4-49-52(50-5-2,51-6-3)21(47,48)20(45,46)19(43,44)18(41,42)17(39,40)16(37,38)15(35,36)14(33,34)13(31,32)12(29,30)11(27,28)9(22,23)7-8-10(24,25)26/h4-8H2,1-3H3. The number of rotatable bonds is 20. The van der Waals surface area contributed by atoms with Gasteiger partial charge in [0, 0.05) is 32.7 Å². The molecule has 0 unspecified atom stereocenters. The van der Waals surface area contributed by atoms with Crippen molar-refractivity contribution in [2.45, 2.75) is 110 Å². The molecule has 0 radical (unpaired) electrons. The molecule has 0 saturated carbocycles. The third-order valence-electron chi connectivity index (χ3n) is 6.51. The molecule has 0 N–H and O–H groups in total. The molecular formula is C21H19F27O3Si. The zero-order valence-electron chi connectivity index (χ0n) is 25.0. The van der Waals surface area contributed by atoms with Gasteiger partial charge in [0.05, 0.1) is 0 Å². The highest BCUT2D eigenvalue weighted by Crippen LogP contribution is 2.68. The first-order valence-electron chi connectivity index (χ1n) is 12.9. The maximum Gasteiger partial charge on any atom is 0.582 e. The lowest BCUT2D eigenvalue weighted by atomic mass is 9.84. The fourth-order valence-electron chi connectivity index (χ4n) is 3.62. The summed E-state index contributed by atoms with van der Waals surface area (Å²) in [5, 5.41) is 0. The second kappa shape index (κ2) is 14.1. The summed E-state index contributed by atoms with van der Waals surface area (Å²) in [6, 6.07) is 0. The maximum atomic E-state index is 14.9. The second-order valence-corrected chi connectivity index (χ2v) is 12.6. The molecule has 52 heavy (non-hydrogen) atoms. The van der Waals surface area contributed by atoms with Crippen LogP contribution in [0.25, 0.3) is 0 Å². The number of alkyl halides is 27. The molecule has 0 aromatic carbocycles. The minimum atomic E-state index is -9.72. The highest BCUT2D eigenvalue weighted by atomic mass is 28.4. The van der Waals surface area contributed by atoms with E-state index >= 15 is 0 Å². The normalized spacial score (nSPS) is 16.5. The number of hydrogen-bond donors (Lipinski definition) is 0. The van der Waals surface area contributed by atoms with Crippen LogP contribution in [-0.4, -0.2) is 105 Å². The lowest BCUT2D eigenvalue weighted by Gasteiger charge is -2.46.